The molecule has 4 rings (SSSR count). The van der Waals surface area contributed by atoms with Gasteiger partial charge >= 0.3 is 0 Å². The Hall–Kier alpha value is -2.10. The van der Waals surface area contributed by atoms with Crippen LogP contribution in [0.4, 0.5) is 17.6 Å². The van der Waals surface area contributed by atoms with Gasteiger partial charge in [-0.05, 0) is 90.5 Å². The number of hydrogen-bond acceptors (Lipinski definition) is 0. The molecule has 32 heavy (non-hydrogen) atoms. The molecule has 2 aliphatic rings. The van der Waals surface area contributed by atoms with E-state index >= 15 is 8.78 Å². The molecule has 1 saturated carbocycles. The Labute approximate surface area is 188 Å². The zero-order valence-corrected chi connectivity index (χ0v) is 18.8. The first-order valence-corrected chi connectivity index (χ1v) is 12.1. The van der Waals surface area contributed by atoms with Crippen molar-refractivity contribution in [2.24, 2.45) is 5.92 Å². The molecule has 0 spiro atoms. The van der Waals surface area contributed by atoms with Gasteiger partial charge in [0, 0.05) is 5.56 Å². The van der Waals surface area contributed by atoms with Gasteiger partial charge in [-0.25, -0.2) is 17.6 Å². The summed E-state index contributed by atoms with van der Waals surface area (Å²) in [5.74, 6) is -2.12. The minimum atomic E-state index is -0.950. The lowest BCUT2D eigenvalue weighted by Gasteiger charge is -2.29. The number of benzene rings is 2. The summed E-state index contributed by atoms with van der Waals surface area (Å²) in [5.41, 5.74) is 2.12. The zero-order valence-electron chi connectivity index (χ0n) is 18.8. The fraction of sp³-hybridized carbons (Fsp3) is 0.500. The Morgan fingerprint density at radius 2 is 1.41 bits per heavy atom. The standard InChI is InChI=1S/C28H32F4/c1-2-3-4-5-6-7-18-8-10-19(11-9-18)22-16-26(31)28(27(32)17-22)23-12-20-14-24(29)25(30)15-21(20)13-23/h12,14-19H,2-11,13H2,1H3. The number of hydrogen-bond donors (Lipinski definition) is 0. The molecule has 0 amide bonds. The molecule has 0 N–H and O–H groups in total. The molecule has 0 nitrogen and oxygen atoms in total. The van der Waals surface area contributed by atoms with E-state index in [1.165, 1.54) is 50.7 Å². The lowest BCUT2D eigenvalue weighted by Crippen LogP contribution is -2.14. The molecule has 4 heteroatoms. The van der Waals surface area contributed by atoms with Crippen LogP contribution in [0.15, 0.2) is 24.3 Å². The van der Waals surface area contributed by atoms with Crippen molar-refractivity contribution in [2.75, 3.05) is 0 Å². The van der Waals surface area contributed by atoms with Gasteiger partial charge in [-0.3, -0.25) is 0 Å². The number of fused-ring (bicyclic) bond motifs is 1. The minimum absolute atomic E-state index is 0.0773. The molecule has 0 radical (unpaired) electrons. The lowest BCUT2D eigenvalue weighted by molar-refractivity contribution is 0.301. The van der Waals surface area contributed by atoms with Gasteiger partial charge < -0.3 is 0 Å². The molecule has 0 aliphatic heterocycles. The average Bonchev–Trinajstić information content (AvgIpc) is 3.15. The third-order valence-electron chi connectivity index (χ3n) is 7.31. The summed E-state index contributed by atoms with van der Waals surface area (Å²) in [7, 11) is 0. The molecule has 172 valence electrons. The fourth-order valence-electron chi connectivity index (χ4n) is 5.45. The van der Waals surface area contributed by atoms with Crippen LogP contribution in [0.1, 0.15) is 99.3 Å². The summed E-state index contributed by atoms with van der Waals surface area (Å²) >= 11 is 0. The highest BCUT2D eigenvalue weighted by Gasteiger charge is 2.26. The molecule has 0 aromatic heterocycles. The van der Waals surface area contributed by atoms with Gasteiger partial charge in [-0.2, -0.15) is 0 Å². The zero-order chi connectivity index (χ0) is 22.7. The Morgan fingerprint density at radius 3 is 2.09 bits per heavy atom. The monoisotopic (exact) mass is 444 g/mol. The number of allylic oxidation sites excluding steroid dienone is 1. The van der Waals surface area contributed by atoms with Crippen LogP contribution < -0.4 is 0 Å². The van der Waals surface area contributed by atoms with Crippen molar-refractivity contribution in [3.8, 4) is 0 Å². The number of rotatable bonds is 8. The van der Waals surface area contributed by atoms with E-state index in [-0.39, 0.29) is 17.9 Å². The second kappa shape index (κ2) is 10.2. The van der Waals surface area contributed by atoms with E-state index in [9.17, 15) is 8.78 Å². The molecule has 1 fully saturated rings. The highest BCUT2D eigenvalue weighted by atomic mass is 19.2. The Balaban J connectivity index is 1.39. The quantitative estimate of drug-likeness (QED) is 0.281. The predicted octanol–water partition coefficient (Wildman–Crippen LogP) is 8.97. The van der Waals surface area contributed by atoms with Gasteiger partial charge in [0.15, 0.2) is 11.6 Å². The highest BCUT2D eigenvalue weighted by molar-refractivity contribution is 5.89. The van der Waals surface area contributed by atoms with Crippen LogP contribution in [0.2, 0.25) is 0 Å². The normalized spacial score (nSPS) is 20.3. The summed E-state index contributed by atoms with van der Waals surface area (Å²) in [6, 6.07) is 5.14. The summed E-state index contributed by atoms with van der Waals surface area (Å²) in [5, 5.41) is 0. The van der Waals surface area contributed by atoms with Gasteiger partial charge in [0.1, 0.15) is 11.6 Å². The van der Waals surface area contributed by atoms with E-state index in [2.05, 4.69) is 6.92 Å². The SMILES string of the molecule is CCCCCCCC1CCC(c2cc(F)c(C3=Cc4cc(F)c(F)cc4C3)c(F)c2)CC1. The molecule has 2 aromatic rings. The third kappa shape index (κ3) is 5.10. The first kappa shape index (κ1) is 23.1. The van der Waals surface area contributed by atoms with Crippen molar-refractivity contribution in [2.45, 2.75) is 83.5 Å². The molecule has 0 heterocycles. The average molecular weight is 445 g/mol. The van der Waals surface area contributed by atoms with Crippen molar-refractivity contribution < 1.29 is 17.6 Å². The van der Waals surface area contributed by atoms with Crippen LogP contribution in [0, 0.1) is 29.2 Å². The van der Waals surface area contributed by atoms with Gasteiger partial charge in [-0.15, -0.1) is 0 Å². The van der Waals surface area contributed by atoms with E-state index < -0.39 is 23.3 Å². The van der Waals surface area contributed by atoms with Crippen molar-refractivity contribution in [1.82, 2.24) is 0 Å². The second-order valence-corrected chi connectivity index (χ2v) is 9.59. The Morgan fingerprint density at radius 1 is 0.750 bits per heavy atom. The maximum absolute atomic E-state index is 15.0. The molecule has 0 saturated heterocycles. The molecular formula is C28H32F4. The molecule has 0 unspecified atom stereocenters. The maximum Gasteiger partial charge on any atom is 0.159 e. The minimum Gasteiger partial charge on any atom is -0.206 e. The van der Waals surface area contributed by atoms with E-state index in [1.807, 2.05) is 0 Å². The summed E-state index contributed by atoms with van der Waals surface area (Å²) in [6.07, 6.45) is 13.7. The largest absolute Gasteiger partial charge is 0.206 e. The van der Waals surface area contributed by atoms with Crippen molar-refractivity contribution in [3.05, 3.63) is 69.8 Å². The van der Waals surface area contributed by atoms with Gasteiger partial charge in [-0.1, -0.05) is 51.5 Å². The maximum atomic E-state index is 15.0. The Kier molecular flexibility index (Phi) is 7.37. The van der Waals surface area contributed by atoms with Crippen molar-refractivity contribution >= 4 is 11.6 Å². The fourth-order valence-corrected chi connectivity index (χ4v) is 5.45. The number of unbranched alkanes of at least 4 members (excludes halogenated alkanes) is 4. The highest BCUT2D eigenvalue weighted by Crippen LogP contribution is 2.40. The van der Waals surface area contributed by atoms with Crippen LogP contribution in [-0.4, -0.2) is 0 Å². The van der Waals surface area contributed by atoms with Crippen LogP contribution >= 0.6 is 0 Å². The summed E-state index contributed by atoms with van der Waals surface area (Å²) < 4.78 is 57.1. The van der Waals surface area contributed by atoms with Crippen molar-refractivity contribution in [3.63, 3.8) is 0 Å². The predicted molar refractivity (Wildman–Crippen MR) is 122 cm³/mol. The number of halogens is 4. The molecule has 0 atom stereocenters. The summed E-state index contributed by atoms with van der Waals surface area (Å²) in [4.78, 5) is 0. The molecule has 0 bridgehead atoms. The Bertz CT molecular complexity index is 960. The van der Waals surface area contributed by atoms with Crippen LogP contribution in [0.5, 0.6) is 0 Å². The van der Waals surface area contributed by atoms with Crippen LogP contribution in [0.25, 0.3) is 11.6 Å². The molecule has 2 aromatic carbocycles. The first-order valence-electron chi connectivity index (χ1n) is 12.1. The third-order valence-corrected chi connectivity index (χ3v) is 7.31. The van der Waals surface area contributed by atoms with E-state index in [4.69, 9.17) is 0 Å². The van der Waals surface area contributed by atoms with Crippen molar-refractivity contribution in [1.29, 1.82) is 0 Å². The van der Waals surface area contributed by atoms with Gasteiger partial charge in [0.05, 0.1) is 0 Å². The second-order valence-electron chi connectivity index (χ2n) is 9.59. The van der Waals surface area contributed by atoms with Crippen LogP contribution in [0.3, 0.4) is 0 Å². The topological polar surface area (TPSA) is 0 Å². The molecule has 2 aliphatic carbocycles. The van der Waals surface area contributed by atoms with E-state index in [0.29, 0.717) is 16.7 Å². The van der Waals surface area contributed by atoms with E-state index in [1.54, 1.807) is 6.08 Å². The first-order chi connectivity index (χ1) is 15.5. The van der Waals surface area contributed by atoms with E-state index in [0.717, 1.165) is 49.3 Å². The van der Waals surface area contributed by atoms with Gasteiger partial charge in [0.25, 0.3) is 0 Å². The lowest BCUT2D eigenvalue weighted by atomic mass is 9.76. The summed E-state index contributed by atoms with van der Waals surface area (Å²) in [6.45, 7) is 2.23. The van der Waals surface area contributed by atoms with Crippen LogP contribution in [-0.2, 0) is 6.42 Å². The molecular weight excluding hydrogens is 412 g/mol. The smallest absolute Gasteiger partial charge is 0.159 e. The van der Waals surface area contributed by atoms with Gasteiger partial charge in [0.2, 0.25) is 0 Å².